The zero-order chi connectivity index (χ0) is 23.8. The van der Waals surface area contributed by atoms with Crippen LogP contribution in [-0.4, -0.2) is 15.0 Å². The first-order valence-electron chi connectivity index (χ1n) is 7.60. The molecular formula is C15H3Cl9N3O3PS. The molecule has 0 aromatic carbocycles. The summed E-state index contributed by atoms with van der Waals surface area (Å²) in [5.74, 6) is -0.742. The molecule has 3 rings (SSSR count). The van der Waals surface area contributed by atoms with Gasteiger partial charge in [0, 0.05) is 17.6 Å². The first-order chi connectivity index (χ1) is 14.9. The third-order valence-corrected chi connectivity index (χ3v) is 10.2. The lowest BCUT2D eigenvalue weighted by Crippen LogP contribution is -2.03. The maximum absolute atomic E-state index is 13.8. The minimum Gasteiger partial charge on any atom is -0.388 e. The normalized spacial score (nSPS) is 11.5. The van der Waals surface area contributed by atoms with Gasteiger partial charge in [0.05, 0.1) is 47.6 Å². The van der Waals surface area contributed by atoms with Crippen molar-refractivity contribution in [1.82, 2.24) is 15.0 Å². The van der Waals surface area contributed by atoms with Crippen molar-refractivity contribution in [1.29, 1.82) is 0 Å². The highest BCUT2D eigenvalue weighted by molar-refractivity contribution is 8.55. The molecule has 170 valence electrons. The van der Waals surface area contributed by atoms with E-state index in [2.05, 4.69) is 15.0 Å². The third-order valence-electron chi connectivity index (χ3n) is 3.25. The van der Waals surface area contributed by atoms with E-state index in [0.29, 0.717) is 11.4 Å². The van der Waals surface area contributed by atoms with Crippen LogP contribution in [0.15, 0.2) is 23.6 Å². The van der Waals surface area contributed by atoms with E-state index in [1.54, 1.807) is 0 Å². The second kappa shape index (κ2) is 10.9. The van der Waals surface area contributed by atoms with Crippen molar-refractivity contribution >= 4 is 123 Å². The molecule has 0 aliphatic carbocycles. The number of halogens is 9. The summed E-state index contributed by atoms with van der Waals surface area (Å²) in [6.07, 6.45) is 3.46. The molecule has 0 amide bonds. The molecule has 0 atom stereocenters. The van der Waals surface area contributed by atoms with Gasteiger partial charge >= 0.3 is 6.80 Å². The van der Waals surface area contributed by atoms with Crippen molar-refractivity contribution in [2.75, 3.05) is 0 Å². The summed E-state index contributed by atoms with van der Waals surface area (Å²) in [6.45, 7) is -4.40. The average molecular weight is 655 g/mol. The van der Waals surface area contributed by atoms with Crippen molar-refractivity contribution in [3.05, 3.63) is 63.8 Å². The topological polar surface area (TPSA) is 74.2 Å². The van der Waals surface area contributed by atoms with Gasteiger partial charge in [0.25, 0.3) is 0 Å². The van der Waals surface area contributed by atoms with Crippen LogP contribution in [0.4, 0.5) is 0 Å². The van der Waals surface area contributed by atoms with Gasteiger partial charge in [-0.1, -0.05) is 104 Å². The maximum Gasteiger partial charge on any atom is 0.501 e. The number of hydrogen-bond acceptors (Lipinski definition) is 7. The summed E-state index contributed by atoms with van der Waals surface area (Å²) in [5, 5.41) is -0.705. The highest BCUT2D eigenvalue weighted by Crippen LogP contribution is 2.64. The molecular weight excluding hydrogens is 652 g/mol. The lowest BCUT2D eigenvalue weighted by molar-refractivity contribution is 0.396. The predicted octanol–water partition coefficient (Wildman–Crippen LogP) is 10.1. The summed E-state index contributed by atoms with van der Waals surface area (Å²) < 4.78 is 24.7. The summed E-state index contributed by atoms with van der Waals surface area (Å²) in [6, 6.07) is 0. The van der Waals surface area contributed by atoms with E-state index in [0.717, 1.165) is 12.4 Å². The molecule has 6 nitrogen and oxygen atoms in total. The SMILES string of the molecule is O=P(Oc1ncc(Cl)c(Cl)c1Cl)(Oc1ncc(Cl)c(Cl)c1Cl)Sc1ncc(Cl)c(Cl)c1Cl. The Bertz CT molecular complexity index is 1120. The Morgan fingerprint density at radius 2 is 0.969 bits per heavy atom. The third kappa shape index (κ3) is 5.89. The van der Waals surface area contributed by atoms with Crippen molar-refractivity contribution in [3.63, 3.8) is 0 Å². The summed E-state index contributed by atoms with van der Waals surface area (Å²) in [4.78, 5) is 11.8. The Labute approximate surface area is 229 Å². The zero-order valence-electron chi connectivity index (χ0n) is 14.6. The lowest BCUT2D eigenvalue weighted by Gasteiger charge is -2.19. The molecule has 0 radical (unpaired) electrons. The Morgan fingerprint density at radius 1 is 0.594 bits per heavy atom. The van der Waals surface area contributed by atoms with Crippen molar-refractivity contribution in [2.45, 2.75) is 5.03 Å². The van der Waals surface area contributed by atoms with Crippen LogP contribution in [0, 0.1) is 0 Å². The number of pyridine rings is 3. The summed E-state index contributed by atoms with van der Waals surface area (Å²) in [7, 11) is 0. The Balaban J connectivity index is 2.09. The van der Waals surface area contributed by atoms with Gasteiger partial charge in [0.15, 0.2) is 0 Å². The second-order valence-electron chi connectivity index (χ2n) is 5.34. The molecule has 0 spiro atoms. The van der Waals surface area contributed by atoms with Gasteiger partial charge in [-0.2, -0.15) is 0 Å². The van der Waals surface area contributed by atoms with E-state index >= 15 is 0 Å². The van der Waals surface area contributed by atoms with Crippen molar-refractivity contribution in [3.8, 4) is 11.8 Å². The number of aromatic nitrogens is 3. The zero-order valence-corrected chi connectivity index (χ0v) is 23.1. The van der Waals surface area contributed by atoms with Gasteiger partial charge in [0.1, 0.15) is 15.1 Å². The van der Waals surface area contributed by atoms with Crippen LogP contribution >= 0.6 is 123 Å². The molecule has 17 heteroatoms. The summed E-state index contributed by atoms with van der Waals surface area (Å²) in [5.41, 5.74) is 0. The van der Waals surface area contributed by atoms with Crippen LogP contribution < -0.4 is 9.05 Å². The van der Waals surface area contributed by atoms with E-state index in [9.17, 15) is 4.57 Å². The lowest BCUT2D eigenvalue weighted by atomic mass is 10.5. The molecule has 0 unspecified atom stereocenters. The molecule has 0 fully saturated rings. The predicted molar refractivity (Wildman–Crippen MR) is 133 cm³/mol. The Morgan fingerprint density at radius 3 is 1.41 bits per heavy atom. The second-order valence-corrected chi connectivity index (χ2v) is 12.5. The van der Waals surface area contributed by atoms with Gasteiger partial charge in [-0.15, -0.1) is 0 Å². The van der Waals surface area contributed by atoms with E-state index in [-0.39, 0.29) is 62.0 Å². The average Bonchev–Trinajstić information content (AvgIpc) is 2.75. The van der Waals surface area contributed by atoms with Gasteiger partial charge in [0.2, 0.25) is 11.8 Å². The molecule has 0 bridgehead atoms. The fourth-order valence-electron chi connectivity index (χ4n) is 1.85. The smallest absolute Gasteiger partial charge is 0.388 e. The standard InChI is InChI=1S/C15H3Cl9N3O3PS/c16-4-1-25-13(10(22)7(4)19)29-31(28,30-14-11(23)8(20)5(17)2-26-14)32-15-12(24)9(21)6(18)3-27-15/h1-3H. The highest BCUT2D eigenvalue weighted by Gasteiger charge is 2.36. The van der Waals surface area contributed by atoms with Gasteiger partial charge in [-0.3, -0.25) is 0 Å². The van der Waals surface area contributed by atoms with Crippen LogP contribution in [-0.2, 0) is 4.57 Å². The minimum atomic E-state index is -4.40. The first-order valence-corrected chi connectivity index (χ1v) is 14.0. The van der Waals surface area contributed by atoms with Gasteiger partial charge < -0.3 is 9.05 Å². The quantitative estimate of drug-likeness (QED) is 0.245. The molecule has 0 saturated carbocycles. The number of nitrogens with zero attached hydrogens (tertiary/aromatic N) is 3. The van der Waals surface area contributed by atoms with Crippen molar-refractivity contribution < 1.29 is 13.6 Å². The monoisotopic (exact) mass is 651 g/mol. The molecule has 0 N–H and O–H groups in total. The fourth-order valence-corrected chi connectivity index (χ4v) is 6.79. The molecule has 3 heterocycles. The van der Waals surface area contributed by atoms with Crippen LogP contribution in [0.25, 0.3) is 0 Å². The molecule has 32 heavy (non-hydrogen) atoms. The molecule has 0 aliphatic rings. The summed E-state index contributed by atoms with van der Waals surface area (Å²) >= 11 is 54.5. The minimum absolute atomic E-state index is 0.0335. The molecule has 0 aliphatic heterocycles. The van der Waals surface area contributed by atoms with Gasteiger partial charge in [-0.25, -0.2) is 19.5 Å². The van der Waals surface area contributed by atoms with E-state index < -0.39 is 6.80 Å². The number of rotatable bonds is 6. The van der Waals surface area contributed by atoms with Crippen molar-refractivity contribution in [2.24, 2.45) is 0 Å². The molecule has 0 saturated heterocycles. The Hall–Kier alpha value is 0.240. The van der Waals surface area contributed by atoms with E-state index in [1.807, 2.05) is 0 Å². The largest absolute Gasteiger partial charge is 0.501 e. The Kier molecular flexibility index (Phi) is 9.13. The maximum atomic E-state index is 13.8. The molecule has 3 aromatic rings. The fraction of sp³-hybridized carbons (Fsp3) is 0. The van der Waals surface area contributed by atoms with Crippen LogP contribution in [0.5, 0.6) is 11.8 Å². The van der Waals surface area contributed by atoms with Crippen LogP contribution in [0.1, 0.15) is 0 Å². The molecule has 3 aromatic heterocycles. The van der Waals surface area contributed by atoms with Gasteiger partial charge in [-0.05, 0) is 0 Å². The highest BCUT2D eigenvalue weighted by atomic mass is 35.5. The first kappa shape index (κ1) is 26.8. The van der Waals surface area contributed by atoms with E-state index in [1.165, 1.54) is 6.20 Å². The van der Waals surface area contributed by atoms with E-state index in [4.69, 9.17) is 113 Å². The number of hydrogen-bond donors (Lipinski definition) is 0. The van der Waals surface area contributed by atoms with Crippen LogP contribution in [0.3, 0.4) is 0 Å². The van der Waals surface area contributed by atoms with Crippen LogP contribution in [0.2, 0.25) is 45.2 Å².